The molecular formula is C18H22N2O4S. The van der Waals surface area contributed by atoms with E-state index in [1.165, 1.54) is 4.31 Å². The van der Waals surface area contributed by atoms with Crippen molar-refractivity contribution in [2.75, 3.05) is 26.5 Å². The molecule has 0 atom stereocenters. The number of rotatable bonds is 8. The number of sulfonamides is 1. The first-order valence-corrected chi connectivity index (χ1v) is 9.67. The molecule has 2 aromatic rings. The number of carbonyl (C=O) groups excluding carboxylic acids is 1. The van der Waals surface area contributed by atoms with E-state index in [0.717, 1.165) is 11.8 Å². The third-order valence-corrected chi connectivity index (χ3v) is 4.94. The Labute approximate surface area is 148 Å². The van der Waals surface area contributed by atoms with Gasteiger partial charge in [0.25, 0.3) is 5.91 Å². The van der Waals surface area contributed by atoms with Gasteiger partial charge in [0, 0.05) is 30.8 Å². The minimum Gasteiger partial charge on any atom is -0.496 e. The Kier molecular flexibility index (Phi) is 6.55. The van der Waals surface area contributed by atoms with Gasteiger partial charge in [0.2, 0.25) is 10.0 Å². The van der Waals surface area contributed by atoms with Gasteiger partial charge in [0.05, 0.1) is 13.4 Å². The number of amides is 1. The summed E-state index contributed by atoms with van der Waals surface area (Å²) in [7, 11) is -1.88. The molecule has 0 spiro atoms. The second-order valence-electron chi connectivity index (χ2n) is 5.53. The molecule has 134 valence electrons. The molecule has 2 rings (SSSR count). The molecule has 0 saturated heterocycles. The average Bonchev–Trinajstić information content (AvgIpc) is 2.61. The number of nitrogens with one attached hydrogen (secondary N) is 1. The monoisotopic (exact) mass is 362 g/mol. The van der Waals surface area contributed by atoms with E-state index in [2.05, 4.69) is 5.32 Å². The highest BCUT2D eigenvalue weighted by Crippen LogP contribution is 2.20. The number of nitrogens with zero attached hydrogens (tertiary/aromatic N) is 1. The zero-order valence-electron chi connectivity index (χ0n) is 14.3. The Balaban J connectivity index is 2.00. The van der Waals surface area contributed by atoms with Crippen molar-refractivity contribution in [2.45, 2.75) is 6.54 Å². The summed E-state index contributed by atoms with van der Waals surface area (Å²) < 4.78 is 30.7. The van der Waals surface area contributed by atoms with Crippen molar-refractivity contribution in [3.05, 3.63) is 65.7 Å². The Morgan fingerprint density at radius 1 is 1.08 bits per heavy atom. The van der Waals surface area contributed by atoms with Gasteiger partial charge in [0.15, 0.2) is 0 Å². The van der Waals surface area contributed by atoms with Crippen molar-refractivity contribution < 1.29 is 17.9 Å². The Morgan fingerprint density at radius 2 is 1.72 bits per heavy atom. The molecule has 0 saturated carbocycles. The van der Waals surface area contributed by atoms with Crippen molar-refractivity contribution in [1.29, 1.82) is 0 Å². The summed E-state index contributed by atoms with van der Waals surface area (Å²) >= 11 is 0. The van der Waals surface area contributed by atoms with Crippen LogP contribution in [-0.4, -0.2) is 45.1 Å². The van der Waals surface area contributed by atoms with Crippen LogP contribution in [0, 0.1) is 0 Å². The maximum absolute atomic E-state index is 12.1. The van der Waals surface area contributed by atoms with Crippen LogP contribution in [0.1, 0.15) is 15.9 Å². The molecule has 0 radical (unpaired) electrons. The molecule has 0 aromatic heterocycles. The van der Waals surface area contributed by atoms with Crippen LogP contribution in [0.5, 0.6) is 5.75 Å². The fourth-order valence-corrected chi connectivity index (χ4v) is 3.17. The third kappa shape index (κ3) is 5.58. The summed E-state index contributed by atoms with van der Waals surface area (Å²) in [6.45, 7) is 0.579. The minimum atomic E-state index is -3.42. The van der Waals surface area contributed by atoms with Gasteiger partial charge in [0.1, 0.15) is 5.75 Å². The van der Waals surface area contributed by atoms with E-state index >= 15 is 0 Å². The second kappa shape index (κ2) is 8.64. The van der Waals surface area contributed by atoms with Crippen LogP contribution in [0.15, 0.2) is 54.6 Å². The van der Waals surface area contributed by atoms with Crippen LogP contribution in [0.25, 0.3) is 0 Å². The summed E-state index contributed by atoms with van der Waals surface area (Å²) in [5.41, 5.74) is 1.31. The quantitative estimate of drug-likeness (QED) is 0.778. The number of hydrogen-bond donors (Lipinski definition) is 1. The molecule has 2 aromatic carbocycles. The van der Waals surface area contributed by atoms with Crippen LogP contribution in [0.3, 0.4) is 0 Å². The van der Waals surface area contributed by atoms with Crippen LogP contribution in [-0.2, 0) is 16.6 Å². The van der Waals surface area contributed by atoms with E-state index in [1.54, 1.807) is 37.4 Å². The van der Waals surface area contributed by atoms with Crippen molar-refractivity contribution in [3.8, 4) is 5.75 Å². The smallest absolute Gasteiger partial charge is 0.251 e. The number of carbonyl (C=O) groups is 1. The summed E-state index contributed by atoms with van der Waals surface area (Å²) in [6, 6.07) is 16.1. The maximum Gasteiger partial charge on any atom is 0.251 e. The molecular weight excluding hydrogens is 340 g/mol. The van der Waals surface area contributed by atoms with E-state index < -0.39 is 10.0 Å². The molecule has 7 heteroatoms. The standard InChI is InChI=1S/C18H22N2O4S/c1-24-17-11-7-6-10-16(17)14-20(25(2,22)23)13-12-19-18(21)15-8-4-3-5-9-15/h3-11H,12-14H2,1-2H3,(H,19,21). The van der Waals surface area contributed by atoms with Crippen LogP contribution >= 0.6 is 0 Å². The zero-order chi connectivity index (χ0) is 18.3. The van der Waals surface area contributed by atoms with Crippen LogP contribution < -0.4 is 10.1 Å². The molecule has 25 heavy (non-hydrogen) atoms. The van der Waals surface area contributed by atoms with Gasteiger partial charge < -0.3 is 10.1 Å². The van der Waals surface area contributed by atoms with Gasteiger partial charge in [-0.1, -0.05) is 36.4 Å². The highest BCUT2D eigenvalue weighted by molar-refractivity contribution is 7.88. The fourth-order valence-electron chi connectivity index (χ4n) is 2.37. The van der Waals surface area contributed by atoms with E-state index in [4.69, 9.17) is 4.74 Å². The van der Waals surface area contributed by atoms with E-state index in [9.17, 15) is 13.2 Å². The zero-order valence-corrected chi connectivity index (χ0v) is 15.1. The summed E-state index contributed by atoms with van der Waals surface area (Å²) in [5.74, 6) is 0.399. The highest BCUT2D eigenvalue weighted by Gasteiger charge is 2.19. The van der Waals surface area contributed by atoms with E-state index in [1.807, 2.05) is 24.3 Å². The molecule has 6 nitrogen and oxygen atoms in total. The highest BCUT2D eigenvalue weighted by atomic mass is 32.2. The summed E-state index contributed by atoms with van der Waals surface area (Å²) in [5, 5.41) is 2.74. The molecule has 0 fully saturated rings. The normalized spacial score (nSPS) is 11.3. The lowest BCUT2D eigenvalue weighted by Crippen LogP contribution is -2.37. The first kappa shape index (κ1) is 19.0. The fraction of sp³-hybridized carbons (Fsp3) is 0.278. The minimum absolute atomic E-state index is 0.176. The maximum atomic E-state index is 12.1. The lowest BCUT2D eigenvalue weighted by Gasteiger charge is -2.21. The number of benzene rings is 2. The van der Waals surface area contributed by atoms with Crippen molar-refractivity contribution in [2.24, 2.45) is 0 Å². The van der Waals surface area contributed by atoms with E-state index in [0.29, 0.717) is 11.3 Å². The first-order valence-electron chi connectivity index (χ1n) is 7.82. The number of para-hydroxylation sites is 1. The van der Waals surface area contributed by atoms with Gasteiger partial charge in [-0.15, -0.1) is 0 Å². The lowest BCUT2D eigenvalue weighted by atomic mass is 10.2. The van der Waals surface area contributed by atoms with Gasteiger partial charge in [-0.3, -0.25) is 4.79 Å². The first-order chi connectivity index (χ1) is 11.9. The van der Waals surface area contributed by atoms with Gasteiger partial charge in [-0.2, -0.15) is 4.31 Å². The Bertz CT molecular complexity index is 807. The number of hydrogen-bond acceptors (Lipinski definition) is 4. The second-order valence-corrected chi connectivity index (χ2v) is 7.51. The van der Waals surface area contributed by atoms with E-state index in [-0.39, 0.29) is 25.5 Å². The van der Waals surface area contributed by atoms with Crippen molar-refractivity contribution >= 4 is 15.9 Å². The SMILES string of the molecule is COc1ccccc1CN(CCNC(=O)c1ccccc1)S(C)(=O)=O. The van der Waals surface area contributed by atoms with Crippen molar-refractivity contribution in [3.63, 3.8) is 0 Å². The average molecular weight is 362 g/mol. The number of methoxy groups -OCH3 is 1. The van der Waals surface area contributed by atoms with Gasteiger partial charge in [-0.25, -0.2) is 8.42 Å². The summed E-state index contributed by atoms with van der Waals surface area (Å²) in [6.07, 6.45) is 1.15. The topological polar surface area (TPSA) is 75.7 Å². The molecule has 0 unspecified atom stereocenters. The summed E-state index contributed by atoms with van der Waals surface area (Å²) in [4.78, 5) is 12.0. The van der Waals surface area contributed by atoms with Crippen LogP contribution in [0.2, 0.25) is 0 Å². The Morgan fingerprint density at radius 3 is 2.36 bits per heavy atom. The number of ether oxygens (including phenoxy) is 1. The predicted molar refractivity (Wildman–Crippen MR) is 97.0 cm³/mol. The third-order valence-electron chi connectivity index (χ3n) is 3.69. The molecule has 0 aliphatic heterocycles. The molecule has 0 aliphatic carbocycles. The molecule has 0 bridgehead atoms. The molecule has 1 N–H and O–H groups in total. The van der Waals surface area contributed by atoms with Gasteiger partial charge in [-0.05, 0) is 18.2 Å². The largest absolute Gasteiger partial charge is 0.496 e. The molecule has 0 heterocycles. The van der Waals surface area contributed by atoms with Crippen molar-refractivity contribution in [1.82, 2.24) is 9.62 Å². The molecule has 0 aliphatic rings. The molecule has 1 amide bonds. The van der Waals surface area contributed by atoms with Crippen LogP contribution in [0.4, 0.5) is 0 Å². The predicted octanol–water partition coefficient (Wildman–Crippen LogP) is 1.89. The lowest BCUT2D eigenvalue weighted by molar-refractivity contribution is 0.0951. The van der Waals surface area contributed by atoms with Gasteiger partial charge >= 0.3 is 0 Å². The Hall–Kier alpha value is -2.38.